The van der Waals surface area contributed by atoms with Crippen molar-refractivity contribution in [1.82, 2.24) is 5.32 Å². The number of benzene rings is 1. The smallest absolute Gasteiger partial charge is 0.326 e. The summed E-state index contributed by atoms with van der Waals surface area (Å²) in [5.41, 5.74) is -0.537. The van der Waals surface area contributed by atoms with Crippen LogP contribution in [-0.4, -0.2) is 23.0 Å². The van der Waals surface area contributed by atoms with Crippen molar-refractivity contribution in [3.8, 4) is 0 Å². The lowest BCUT2D eigenvalue weighted by molar-refractivity contribution is -0.142. The van der Waals surface area contributed by atoms with Crippen LogP contribution in [-0.2, 0) is 16.0 Å². The molecule has 23 heavy (non-hydrogen) atoms. The molecule has 126 valence electrons. The first kappa shape index (κ1) is 5.08. The number of hydrogen-bond acceptors (Lipinski definition) is 2. The molecule has 0 aromatic heterocycles. The van der Waals surface area contributed by atoms with E-state index in [2.05, 4.69) is 0 Å². The highest BCUT2D eigenvalue weighted by molar-refractivity contribution is 5.85. The summed E-state index contributed by atoms with van der Waals surface area (Å²) in [6.45, 7) is -7.90. The second-order valence-corrected chi connectivity index (χ2v) is 4.35. The van der Waals surface area contributed by atoms with Gasteiger partial charge in [0, 0.05) is 36.9 Å². The van der Waals surface area contributed by atoms with Gasteiger partial charge < -0.3 is 10.4 Å². The number of carboxylic acids is 1. The topological polar surface area (TPSA) is 66.4 Å². The SMILES string of the molecule is [2H]C([2H])([2H])C(C([2H])([2H])[2H])[C@]1([2H])C([2H])([2H])C([2H])([2H])[C@@]([2H])(C(=O)NC([2H])(C(=O)O)C([2H])([2H])c2ccccc2)C([2H])([2H])C1([2H])[2H]. The predicted molar refractivity (Wildman–Crippen MR) is 90.0 cm³/mol. The van der Waals surface area contributed by atoms with Crippen molar-refractivity contribution in [3.63, 3.8) is 0 Å². The summed E-state index contributed by atoms with van der Waals surface area (Å²) in [5, 5.41) is 11.0. The van der Waals surface area contributed by atoms with E-state index in [1.165, 1.54) is 23.5 Å². The molecule has 1 aromatic rings. The molecule has 0 heterocycles. The average molecular weight is 337 g/mol. The summed E-state index contributed by atoms with van der Waals surface area (Å²) < 4.78 is 155. The first-order valence-electron chi connectivity index (χ1n) is 15.9. The zero-order valence-electron chi connectivity index (χ0n) is 30.7. The van der Waals surface area contributed by atoms with Crippen molar-refractivity contribution >= 4 is 11.9 Å². The third-order valence-corrected chi connectivity index (χ3v) is 2.66. The minimum Gasteiger partial charge on any atom is -0.480 e. The molecule has 2 rings (SSSR count). The largest absolute Gasteiger partial charge is 0.480 e. The third kappa shape index (κ3) is 5.08. The maximum Gasteiger partial charge on any atom is 0.326 e. The van der Waals surface area contributed by atoms with Crippen LogP contribution < -0.4 is 5.32 Å². The van der Waals surface area contributed by atoms with Gasteiger partial charge >= 0.3 is 5.97 Å². The molecule has 1 aliphatic carbocycles. The van der Waals surface area contributed by atoms with Crippen LogP contribution in [0.1, 0.15) is 70.8 Å². The molecule has 0 radical (unpaired) electrons. The lowest BCUT2D eigenvalue weighted by atomic mass is 9.76. The number of carbonyl (C=O) groups is 2. The van der Waals surface area contributed by atoms with E-state index in [4.69, 9.17) is 26.0 Å². The van der Waals surface area contributed by atoms with E-state index in [1.54, 1.807) is 0 Å². The van der Waals surface area contributed by atoms with Crippen LogP contribution in [0.3, 0.4) is 0 Å². The number of hydrogen-bond donors (Lipinski definition) is 2. The van der Waals surface area contributed by atoms with E-state index < -0.39 is 86.7 Å². The van der Waals surface area contributed by atoms with Crippen molar-refractivity contribution in [1.29, 1.82) is 0 Å². The van der Waals surface area contributed by atoms with Crippen LogP contribution in [0, 0.1) is 17.7 Å². The monoisotopic (exact) mass is 336 g/mol. The molecule has 0 saturated heterocycles. The number of aliphatic carboxylic acids is 1. The van der Waals surface area contributed by atoms with Crippen LogP contribution in [0.15, 0.2) is 30.3 Å². The summed E-state index contributed by atoms with van der Waals surface area (Å²) in [4.78, 5) is 25.7. The van der Waals surface area contributed by atoms with Gasteiger partial charge in [-0.3, -0.25) is 4.79 Å². The summed E-state index contributed by atoms with van der Waals surface area (Å²) >= 11 is 0. The molecule has 4 nitrogen and oxygen atoms in total. The fourth-order valence-electron chi connectivity index (χ4n) is 1.56. The highest BCUT2D eigenvalue weighted by Gasteiger charge is 2.30. The Bertz CT molecular complexity index is 1180. The Kier molecular flexibility index (Phi) is 1.80. The van der Waals surface area contributed by atoms with Gasteiger partial charge in [0.05, 0.1) is 1.37 Å². The van der Waals surface area contributed by atoms with Gasteiger partial charge in [0.2, 0.25) is 5.91 Å². The Morgan fingerprint density at radius 1 is 1.39 bits per heavy atom. The molecule has 1 aromatic carbocycles. The van der Waals surface area contributed by atoms with E-state index >= 15 is 0 Å². The Balaban J connectivity index is 2.93. The highest BCUT2D eigenvalue weighted by atomic mass is 16.4. The standard InChI is InChI=1S/C19H27NO3/c1-13(2)15-8-10-16(11-9-15)18(21)20-17(19(22)23)12-14-6-4-3-5-7-14/h3-7,13,15-17H,8-12H2,1-2H3,(H,20,21)(H,22,23)/t15-,16-,17?/i1D3,2D3,8D2,9D2,10D2,11D2,12D2,15D,16D,17D. The Morgan fingerprint density at radius 3 is 2.61 bits per heavy atom. The molecule has 0 aliphatic heterocycles. The first-order valence-corrected chi connectivity index (χ1v) is 6.41. The molecule has 1 saturated carbocycles. The summed E-state index contributed by atoms with van der Waals surface area (Å²) in [6, 6.07) is 1.96. The van der Waals surface area contributed by atoms with Crippen molar-refractivity contribution in [3.05, 3.63) is 35.9 Å². The van der Waals surface area contributed by atoms with E-state index in [0.29, 0.717) is 0 Å². The van der Waals surface area contributed by atoms with Crippen LogP contribution in [0.25, 0.3) is 0 Å². The van der Waals surface area contributed by atoms with Crippen molar-refractivity contribution in [2.75, 3.05) is 0 Å². The maximum atomic E-state index is 13.6. The van der Waals surface area contributed by atoms with Crippen LogP contribution in [0.5, 0.6) is 0 Å². The minimum absolute atomic E-state index is 0.537. The molecule has 1 unspecified atom stereocenters. The van der Waals surface area contributed by atoms with Gasteiger partial charge in [0.1, 0.15) is 6.02 Å². The molecular formula is C19H27NO3. The molecule has 2 N–H and O–H groups in total. The fourth-order valence-corrected chi connectivity index (χ4v) is 1.56. The van der Waals surface area contributed by atoms with Gasteiger partial charge in [-0.25, -0.2) is 4.79 Å². The molecule has 1 aliphatic rings. The zero-order chi connectivity index (χ0) is 33.6. The van der Waals surface area contributed by atoms with E-state index in [1.807, 2.05) is 0 Å². The number of carboxylic acid groups (broad SMARTS) is 1. The number of rotatable bonds is 6. The highest BCUT2D eigenvalue weighted by Crippen LogP contribution is 2.33. The molecule has 0 spiro atoms. The quantitative estimate of drug-likeness (QED) is 0.838. The second kappa shape index (κ2) is 8.14. The van der Waals surface area contributed by atoms with Gasteiger partial charge in [-0.15, -0.1) is 0 Å². The molecule has 1 atom stereocenters. The fraction of sp³-hybridized carbons (Fsp3) is 0.579. The number of carbonyl (C=O) groups excluding carboxylic acids is 1. The Labute approximate surface area is 165 Å². The van der Waals surface area contributed by atoms with Crippen molar-refractivity contribution < 1.29 is 40.7 Å². The summed E-state index contributed by atoms with van der Waals surface area (Å²) in [5.74, 6) is -17.4. The zero-order valence-corrected chi connectivity index (χ0v) is 11.7. The molecular weight excluding hydrogens is 290 g/mol. The normalized spacial score (nSPS) is 53.0. The molecule has 0 bridgehead atoms. The molecule has 4 heteroatoms. The third-order valence-electron chi connectivity index (χ3n) is 2.66. The summed E-state index contributed by atoms with van der Waals surface area (Å²) in [6.07, 6.45) is -21.5. The Morgan fingerprint density at radius 2 is 2.04 bits per heavy atom. The number of amides is 1. The molecule has 1 amide bonds. The second-order valence-electron chi connectivity index (χ2n) is 4.35. The maximum absolute atomic E-state index is 13.6. The van der Waals surface area contributed by atoms with Crippen LogP contribution >= 0.6 is 0 Å². The average Bonchev–Trinajstić information content (AvgIpc) is 2.80. The van der Waals surface area contributed by atoms with Gasteiger partial charge in [-0.2, -0.15) is 0 Å². The van der Waals surface area contributed by atoms with E-state index in [-0.39, 0.29) is 0 Å². The van der Waals surface area contributed by atoms with Gasteiger partial charge in [0.15, 0.2) is 0 Å². The van der Waals surface area contributed by atoms with E-state index in [0.717, 1.165) is 12.1 Å². The van der Waals surface area contributed by atoms with Crippen LogP contribution in [0.2, 0.25) is 0 Å². The number of nitrogens with one attached hydrogen (secondary N) is 1. The minimum atomic E-state index is -4.53. The van der Waals surface area contributed by atoms with Crippen molar-refractivity contribution in [2.45, 2.75) is 51.6 Å². The molecule has 1 fully saturated rings. The lowest BCUT2D eigenvalue weighted by Crippen LogP contribution is -2.45. The van der Waals surface area contributed by atoms with Gasteiger partial charge in [-0.1, -0.05) is 44.0 Å². The lowest BCUT2D eigenvalue weighted by Gasteiger charge is -2.30. The summed E-state index contributed by atoms with van der Waals surface area (Å²) in [7, 11) is 0. The van der Waals surface area contributed by atoms with Gasteiger partial charge in [-0.05, 0) is 42.9 Å². The van der Waals surface area contributed by atoms with Gasteiger partial charge in [0.25, 0.3) is 0 Å². The van der Waals surface area contributed by atoms with E-state index in [9.17, 15) is 14.7 Å². The van der Waals surface area contributed by atoms with Crippen LogP contribution in [0.4, 0.5) is 0 Å². The first-order chi connectivity index (χ1) is 18.3. The van der Waals surface area contributed by atoms with Crippen molar-refractivity contribution in [2.24, 2.45) is 17.7 Å². The predicted octanol–water partition coefficient (Wildman–Crippen LogP) is 3.26. The Hall–Kier alpha value is -1.84.